The quantitative estimate of drug-likeness (QED) is 0.188. The number of benzene rings is 7. The molecule has 7 aromatic carbocycles. The van der Waals surface area contributed by atoms with Gasteiger partial charge in [0.05, 0.1) is 28.4 Å². The van der Waals surface area contributed by atoms with Crippen LogP contribution in [0.5, 0.6) is 11.5 Å². The minimum Gasteiger partial charge on any atom is -0.457 e. The Balaban J connectivity index is 1.25. The van der Waals surface area contributed by atoms with Gasteiger partial charge in [-0.1, -0.05) is 133 Å². The summed E-state index contributed by atoms with van der Waals surface area (Å²) in [5, 5.41) is 9.70. The van der Waals surface area contributed by atoms with Crippen LogP contribution in [0.15, 0.2) is 176 Å². The number of hydrogen-bond donors (Lipinski definition) is 0. The summed E-state index contributed by atoms with van der Waals surface area (Å²) in [7, 11) is 0. The zero-order valence-electron chi connectivity index (χ0n) is 28.0. The summed E-state index contributed by atoms with van der Waals surface area (Å²) in [6, 6.07) is 63.0. The molecule has 10 rings (SSSR count). The SMILES string of the molecule is N#Cc1cccc(-c2ccc3c(c2)-c2cc(-c4nc(-c5ccccc5)cc(-c5ccccc5)n4)ccc2C32c3ccccc3Oc3ccccc32)c1. The van der Waals surface area contributed by atoms with Gasteiger partial charge in [-0.3, -0.25) is 0 Å². The fourth-order valence-corrected chi connectivity index (χ4v) is 8.08. The van der Waals surface area contributed by atoms with Gasteiger partial charge in [-0.05, 0) is 75.8 Å². The molecule has 8 aromatic rings. The maximum atomic E-state index is 9.70. The van der Waals surface area contributed by atoms with Crippen molar-refractivity contribution in [3.63, 3.8) is 0 Å². The van der Waals surface area contributed by atoms with Crippen molar-refractivity contribution in [2.45, 2.75) is 5.41 Å². The number of fused-ring (bicyclic) bond motifs is 9. The zero-order chi connectivity index (χ0) is 34.6. The lowest BCUT2D eigenvalue weighted by Gasteiger charge is -2.39. The smallest absolute Gasteiger partial charge is 0.160 e. The van der Waals surface area contributed by atoms with Crippen molar-refractivity contribution < 1.29 is 4.74 Å². The summed E-state index contributed by atoms with van der Waals surface area (Å²) in [6.45, 7) is 0. The monoisotopic (exact) mass is 663 g/mol. The third kappa shape index (κ3) is 4.54. The summed E-state index contributed by atoms with van der Waals surface area (Å²) in [6.07, 6.45) is 0. The van der Waals surface area contributed by atoms with E-state index in [-0.39, 0.29) is 0 Å². The molecule has 0 atom stereocenters. The Morgan fingerprint density at radius 1 is 0.423 bits per heavy atom. The first-order chi connectivity index (χ1) is 25.7. The summed E-state index contributed by atoms with van der Waals surface area (Å²) in [5.74, 6) is 2.36. The second kappa shape index (κ2) is 11.8. The Morgan fingerprint density at radius 3 is 1.52 bits per heavy atom. The maximum Gasteiger partial charge on any atom is 0.160 e. The van der Waals surface area contributed by atoms with E-state index in [0.29, 0.717) is 11.4 Å². The van der Waals surface area contributed by atoms with E-state index in [9.17, 15) is 5.26 Å². The molecule has 1 aliphatic heterocycles. The highest BCUT2D eigenvalue weighted by atomic mass is 16.5. The van der Waals surface area contributed by atoms with Crippen molar-refractivity contribution >= 4 is 0 Å². The second-order valence-electron chi connectivity index (χ2n) is 13.3. The average Bonchev–Trinajstić information content (AvgIpc) is 3.50. The topological polar surface area (TPSA) is 58.8 Å². The lowest BCUT2D eigenvalue weighted by Crippen LogP contribution is -2.32. The van der Waals surface area contributed by atoms with Crippen LogP contribution in [0.1, 0.15) is 27.8 Å². The molecule has 4 heteroatoms. The van der Waals surface area contributed by atoms with E-state index in [1.54, 1.807) is 0 Å². The van der Waals surface area contributed by atoms with Crippen LogP contribution in [0.2, 0.25) is 0 Å². The van der Waals surface area contributed by atoms with Crippen LogP contribution >= 0.6 is 0 Å². The molecule has 0 saturated carbocycles. The van der Waals surface area contributed by atoms with E-state index < -0.39 is 5.41 Å². The van der Waals surface area contributed by atoms with Crippen LogP contribution in [-0.4, -0.2) is 9.97 Å². The van der Waals surface area contributed by atoms with E-state index in [4.69, 9.17) is 14.7 Å². The van der Waals surface area contributed by atoms with Crippen LogP contribution in [0.4, 0.5) is 0 Å². The fourth-order valence-electron chi connectivity index (χ4n) is 8.08. The van der Waals surface area contributed by atoms with Gasteiger partial charge in [0.1, 0.15) is 11.5 Å². The lowest BCUT2D eigenvalue weighted by atomic mass is 9.66. The minimum atomic E-state index is -0.608. The van der Waals surface area contributed by atoms with Gasteiger partial charge in [0.15, 0.2) is 5.82 Å². The summed E-state index contributed by atoms with van der Waals surface area (Å²) in [4.78, 5) is 10.4. The standard InChI is InChI=1S/C48H29N3O/c49-30-31-12-11-17-34(26-31)35-22-24-39-37(27-35)38-28-36(47-50-43(32-13-3-1-4-14-32)29-44(51-47)33-15-5-2-6-16-33)23-25-40(38)48(39)41-18-7-9-20-45(41)52-46-21-10-8-19-42(46)48/h1-29H. The Morgan fingerprint density at radius 2 is 0.923 bits per heavy atom. The Hall–Kier alpha value is -7.09. The molecule has 1 aromatic heterocycles. The molecule has 0 unspecified atom stereocenters. The molecule has 0 amide bonds. The Bertz CT molecular complexity index is 2630. The predicted molar refractivity (Wildman–Crippen MR) is 206 cm³/mol. The molecule has 1 aliphatic carbocycles. The number of nitrogens with zero attached hydrogens (tertiary/aromatic N) is 3. The molecular formula is C48H29N3O. The van der Waals surface area contributed by atoms with Gasteiger partial charge in [-0.25, -0.2) is 9.97 Å². The second-order valence-corrected chi connectivity index (χ2v) is 13.3. The van der Waals surface area contributed by atoms with Gasteiger partial charge >= 0.3 is 0 Å². The van der Waals surface area contributed by atoms with Crippen molar-refractivity contribution in [2.75, 3.05) is 0 Å². The molecule has 2 heterocycles. The molecule has 4 nitrogen and oxygen atoms in total. The van der Waals surface area contributed by atoms with Gasteiger partial charge in [0, 0.05) is 27.8 Å². The molecule has 0 radical (unpaired) electrons. The van der Waals surface area contributed by atoms with E-state index >= 15 is 0 Å². The molecular weight excluding hydrogens is 635 g/mol. The third-order valence-corrected chi connectivity index (χ3v) is 10.4. The molecule has 2 aliphatic rings. The van der Waals surface area contributed by atoms with Crippen LogP contribution < -0.4 is 4.74 Å². The highest BCUT2D eigenvalue weighted by molar-refractivity contribution is 5.92. The first-order valence-electron chi connectivity index (χ1n) is 17.4. The molecule has 0 fully saturated rings. The molecule has 242 valence electrons. The number of aromatic nitrogens is 2. The van der Waals surface area contributed by atoms with Crippen molar-refractivity contribution in [3.05, 3.63) is 204 Å². The number of nitriles is 1. The van der Waals surface area contributed by atoms with Crippen LogP contribution in [0.25, 0.3) is 56.2 Å². The minimum absolute atomic E-state index is 0.608. The summed E-state index contributed by atoms with van der Waals surface area (Å²) < 4.78 is 6.57. The number of hydrogen-bond acceptors (Lipinski definition) is 4. The van der Waals surface area contributed by atoms with Gasteiger partial charge in [0.2, 0.25) is 0 Å². The van der Waals surface area contributed by atoms with Crippen molar-refractivity contribution in [3.8, 4) is 73.7 Å². The predicted octanol–water partition coefficient (Wildman–Crippen LogP) is 11.5. The molecule has 1 spiro atoms. The maximum absolute atomic E-state index is 9.70. The zero-order valence-corrected chi connectivity index (χ0v) is 28.0. The molecule has 0 saturated heterocycles. The fraction of sp³-hybridized carbons (Fsp3) is 0.0208. The lowest BCUT2D eigenvalue weighted by molar-refractivity contribution is 0.436. The largest absolute Gasteiger partial charge is 0.457 e. The highest BCUT2D eigenvalue weighted by Gasteiger charge is 2.51. The van der Waals surface area contributed by atoms with Crippen LogP contribution in [0.3, 0.4) is 0 Å². The van der Waals surface area contributed by atoms with Crippen molar-refractivity contribution in [1.82, 2.24) is 9.97 Å². The van der Waals surface area contributed by atoms with E-state index in [0.717, 1.165) is 73.0 Å². The first kappa shape index (κ1) is 29.8. The van der Waals surface area contributed by atoms with Gasteiger partial charge < -0.3 is 4.74 Å². The number of rotatable bonds is 4. The summed E-state index contributed by atoms with van der Waals surface area (Å²) >= 11 is 0. The van der Waals surface area contributed by atoms with Crippen LogP contribution in [-0.2, 0) is 5.41 Å². The van der Waals surface area contributed by atoms with Gasteiger partial charge in [0.25, 0.3) is 0 Å². The Kier molecular flexibility index (Phi) is 6.74. The highest BCUT2D eigenvalue weighted by Crippen LogP contribution is 2.62. The van der Waals surface area contributed by atoms with Gasteiger partial charge in [-0.15, -0.1) is 0 Å². The van der Waals surface area contributed by atoms with Crippen molar-refractivity contribution in [2.24, 2.45) is 0 Å². The molecule has 0 N–H and O–H groups in total. The van der Waals surface area contributed by atoms with Gasteiger partial charge in [-0.2, -0.15) is 5.26 Å². The van der Waals surface area contributed by atoms with E-state index in [1.165, 1.54) is 11.1 Å². The Labute approximate surface area is 301 Å². The van der Waals surface area contributed by atoms with E-state index in [1.807, 2.05) is 66.7 Å². The summed E-state index contributed by atoms with van der Waals surface area (Å²) in [5.41, 5.74) is 13.6. The molecule has 0 bridgehead atoms. The number of para-hydroxylation sites is 2. The third-order valence-electron chi connectivity index (χ3n) is 10.4. The molecule has 52 heavy (non-hydrogen) atoms. The number of ether oxygens (including phenoxy) is 1. The van der Waals surface area contributed by atoms with E-state index in [2.05, 4.69) is 115 Å². The normalized spacial score (nSPS) is 12.9. The van der Waals surface area contributed by atoms with Crippen molar-refractivity contribution in [1.29, 1.82) is 5.26 Å². The first-order valence-corrected chi connectivity index (χ1v) is 17.4. The van der Waals surface area contributed by atoms with Crippen LogP contribution in [0, 0.1) is 11.3 Å². The average molecular weight is 664 g/mol.